The quantitative estimate of drug-likeness (QED) is 0.493. The number of ether oxygens (including phenoxy) is 1. The molecule has 1 amide bonds. The number of benzene rings is 3. The number of carbonyl (C=O) groups is 3. The molecule has 0 bridgehead atoms. The summed E-state index contributed by atoms with van der Waals surface area (Å²) >= 11 is 0. The number of hydrogen-bond donors (Lipinski definition) is 0. The largest absolute Gasteiger partial charge is 0.457 e. The van der Waals surface area contributed by atoms with Gasteiger partial charge in [-0.25, -0.2) is 0 Å². The van der Waals surface area contributed by atoms with Crippen molar-refractivity contribution in [2.45, 2.75) is 19.8 Å². The molecule has 0 saturated carbocycles. The minimum absolute atomic E-state index is 0.0344. The molecule has 1 heterocycles. The van der Waals surface area contributed by atoms with Crippen LogP contribution < -0.4 is 4.74 Å². The first-order valence-electron chi connectivity index (χ1n) is 10.8. The number of carbonyl (C=O) groups excluding carboxylic acids is 3. The lowest BCUT2D eigenvalue weighted by molar-refractivity contribution is 0.0636. The van der Waals surface area contributed by atoms with Gasteiger partial charge in [0.2, 0.25) is 0 Å². The standard InChI is InChI=1S/C27H25NO4/c1-19(29)20-9-11-22(12-10-20)27(31)28-17-5-6-23(18-28)26(30)21-13-15-25(16-14-21)32-24-7-3-2-4-8-24/h2-4,7-16,23H,5-6,17-18H2,1H3/t23-/m1/s1. The molecule has 1 atom stereocenters. The van der Waals surface area contributed by atoms with E-state index in [2.05, 4.69) is 0 Å². The van der Waals surface area contributed by atoms with Crippen molar-refractivity contribution in [3.8, 4) is 11.5 Å². The molecule has 3 aromatic carbocycles. The lowest BCUT2D eigenvalue weighted by atomic mass is 9.89. The fraction of sp³-hybridized carbons (Fsp3) is 0.222. The summed E-state index contributed by atoms with van der Waals surface area (Å²) in [7, 11) is 0. The number of rotatable bonds is 6. The molecule has 1 fully saturated rings. The zero-order valence-electron chi connectivity index (χ0n) is 18.0. The predicted molar refractivity (Wildman–Crippen MR) is 122 cm³/mol. The monoisotopic (exact) mass is 427 g/mol. The van der Waals surface area contributed by atoms with Crippen molar-refractivity contribution in [1.82, 2.24) is 4.90 Å². The summed E-state index contributed by atoms with van der Waals surface area (Å²) in [6.07, 6.45) is 1.54. The Balaban J connectivity index is 1.40. The van der Waals surface area contributed by atoms with Crippen molar-refractivity contribution in [2.24, 2.45) is 5.92 Å². The summed E-state index contributed by atoms with van der Waals surface area (Å²) in [6, 6.07) is 23.3. The van der Waals surface area contributed by atoms with E-state index in [1.54, 1.807) is 53.4 Å². The van der Waals surface area contributed by atoms with E-state index in [0.29, 0.717) is 35.5 Å². The second-order valence-corrected chi connectivity index (χ2v) is 8.03. The Bertz CT molecular complexity index is 1100. The molecule has 162 valence electrons. The highest BCUT2D eigenvalue weighted by Gasteiger charge is 2.29. The van der Waals surface area contributed by atoms with Gasteiger partial charge in [-0.2, -0.15) is 0 Å². The van der Waals surface area contributed by atoms with Gasteiger partial charge in [0.1, 0.15) is 11.5 Å². The average molecular weight is 428 g/mol. The summed E-state index contributed by atoms with van der Waals surface area (Å²) < 4.78 is 5.79. The van der Waals surface area contributed by atoms with Gasteiger partial charge in [-0.05, 0) is 68.3 Å². The molecule has 4 rings (SSSR count). The molecule has 3 aromatic rings. The van der Waals surface area contributed by atoms with Gasteiger partial charge in [0.05, 0.1) is 0 Å². The topological polar surface area (TPSA) is 63.7 Å². The normalized spacial score (nSPS) is 15.8. The van der Waals surface area contributed by atoms with E-state index in [4.69, 9.17) is 4.74 Å². The number of piperidine rings is 1. The second kappa shape index (κ2) is 9.60. The van der Waals surface area contributed by atoms with Gasteiger partial charge in [-0.3, -0.25) is 14.4 Å². The number of hydrogen-bond acceptors (Lipinski definition) is 4. The molecule has 1 aliphatic heterocycles. The highest BCUT2D eigenvalue weighted by molar-refractivity contribution is 6.00. The van der Waals surface area contributed by atoms with Crippen LogP contribution in [0.4, 0.5) is 0 Å². The van der Waals surface area contributed by atoms with Crippen LogP contribution in [0.15, 0.2) is 78.9 Å². The molecule has 1 aliphatic rings. The number of ketones is 2. The summed E-state index contributed by atoms with van der Waals surface area (Å²) in [6.45, 7) is 2.52. The SMILES string of the molecule is CC(=O)c1ccc(C(=O)N2CCC[C@@H](C(=O)c3ccc(Oc4ccccc4)cc3)C2)cc1. The van der Waals surface area contributed by atoms with Crippen LogP contribution in [-0.2, 0) is 0 Å². The lowest BCUT2D eigenvalue weighted by Crippen LogP contribution is -2.42. The van der Waals surface area contributed by atoms with Gasteiger partial charge >= 0.3 is 0 Å². The van der Waals surface area contributed by atoms with Crippen molar-refractivity contribution in [3.63, 3.8) is 0 Å². The number of para-hydroxylation sites is 1. The zero-order valence-corrected chi connectivity index (χ0v) is 18.0. The van der Waals surface area contributed by atoms with E-state index >= 15 is 0 Å². The smallest absolute Gasteiger partial charge is 0.253 e. The molecule has 0 spiro atoms. The minimum atomic E-state index is -0.231. The molecule has 0 radical (unpaired) electrons. The van der Waals surface area contributed by atoms with Gasteiger partial charge < -0.3 is 9.64 Å². The van der Waals surface area contributed by atoms with Crippen molar-refractivity contribution < 1.29 is 19.1 Å². The second-order valence-electron chi connectivity index (χ2n) is 8.03. The highest BCUT2D eigenvalue weighted by Crippen LogP contribution is 2.25. The first kappa shape index (κ1) is 21.5. The summed E-state index contributed by atoms with van der Waals surface area (Å²) in [4.78, 5) is 39.2. The van der Waals surface area contributed by atoms with Crippen molar-refractivity contribution >= 4 is 17.5 Å². The Hall–Kier alpha value is -3.73. The lowest BCUT2D eigenvalue weighted by Gasteiger charge is -2.32. The number of nitrogens with zero attached hydrogens (tertiary/aromatic N) is 1. The maximum atomic E-state index is 13.1. The molecular formula is C27H25NO4. The Labute approximate surface area is 187 Å². The molecule has 0 unspecified atom stereocenters. The Morgan fingerprint density at radius 3 is 2.03 bits per heavy atom. The average Bonchev–Trinajstić information content (AvgIpc) is 2.84. The van der Waals surface area contributed by atoms with Crippen LogP contribution in [0.3, 0.4) is 0 Å². The first-order chi connectivity index (χ1) is 15.5. The maximum Gasteiger partial charge on any atom is 0.253 e. The number of likely N-dealkylation sites (tertiary alicyclic amines) is 1. The van der Waals surface area contributed by atoms with Crippen LogP contribution in [0.5, 0.6) is 11.5 Å². The maximum absolute atomic E-state index is 13.1. The van der Waals surface area contributed by atoms with Crippen molar-refractivity contribution in [1.29, 1.82) is 0 Å². The minimum Gasteiger partial charge on any atom is -0.457 e. The molecular weight excluding hydrogens is 402 g/mol. The van der Waals surface area contributed by atoms with Crippen molar-refractivity contribution in [2.75, 3.05) is 13.1 Å². The molecule has 0 aromatic heterocycles. The Morgan fingerprint density at radius 1 is 0.781 bits per heavy atom. The predicted octanol–water partition coefficient (Wildman–Crippen LogP) is 5.42. The molecule has 0 aliphatic carbocycles. The van der Waals surface area contributed by atoms with E-state index in [9.17, 15) is 14.4 Å². The summed E-state index contributed by atoms with van der Waals surface area (Å²) in [5, 5.41) is 0. The Morgan fingerprint density at radius 2 is 1.38 bits per heavy atom. The van der Waals surface area contributed by atoms with Crippen LogP contribution in [0.1, 0.15) is 50.8 Å². The van der Waals surface area contributed by atoms with Gasteiger partial charge in [-0.15, -0.1) is 0 Å². The molecule has 5 nitrogen and oxygen atoms in total. The van der Waals surface area contributed by atoms with Crippen LogP contribution in [0.25, 0.3) is 0 Å². The van der Waals surface area contributed by atoms with Crippen LogP contribution in [0, 0.1) is 5.92 Å². The fourth-order valence-corrected chi connectivity index (χ4v) is 3.95. The fourth-order valence-electron chi connectivity index (χ4n) is 3.95. The van der Waals surface area contributed by atoms with E-state index in [1.807, 2.05) is 30.3 Å². The van der Waals surface area contributed by atoms with E-state index in [1.165, 1.54) is 6.92 Å². The van der Waals surface area contributed by atoms with Crippen LogP contribution in [0.2, 0.25) is 0 Å². The highest BCUT2D eigenvalue weighted by atomic mass is 16.5. The number of Topliss-reactive ketones (excluding diaryl/α,β-unsaturated/α-hetero) is 2. The molecule has 5 heteroatoms. The molecule has 32 heavy (non-hydrogen) atoms. The summed E-state index contributed by atoms with van der Waals surface area (Å²) in [5.74, 6) is 1.08. The first-order valence-corrected chi connectivity index (χ1v) is 10.8. The van der Waals surface area contributed by atoms with Gasteiger partial charge in [0, 0.05) is 35.7 Å². The zero-order chi connectivity index (χ0) is 22.5. The number of amides is 1. The molecule has 0 N–H and O–H groups in total. The Kier molecular flexibility index (Phi) is 6.45. The van der Waals surface area contributed by atoms with E-state index < -0.39 is 0 Å². The molecule has 1 saturated heterocycles. The van der Waals surface area contributed by atoms with Crippen molar-refractivity contribution in [3.05, 3.63) is 95.6 Å². The van der Waals surface area contributed by atoms with Crippen LogP contribution >= 0.6 is 0 Å². The third kappa shape index (κ3) is 4.94. The summed E-state index contributed by atoms with van der Waals surface area (Å²) in [5.41, 5.74) is 1.73. The third-order valence-electron chi connectivity index (χ3n) is 5.74. The third-order valence-corrected chi connectivity index (χ3v) is 5.74. The van der Waals surface area contributed by atoms with E-state index in [-0.39, 0.29) is 23.4 Å². The van der Waals surface area contributed by atoms with Crippen LogP contribution in [-0.4, -0.2) is 35.5 Å². The van der Waals surface area contributed by atoms with Gasteiger partial charge in [0.15, 0.2) is 11.6 Å². The van der Waals surface area contributed by atoms with Gasteiger partial charge in [0.25, 0.3) is 5.91 Å². The van der Waals surface area contributed by atoms with Gasteiger partial charge in [-0.1, -0.05) is 30.3 Å². The van der Waals surface area contributed by atoms with E-state index in [0.717, 1.165) is 18.6 Å².